The Bertz CT molecular complexity index is 605. The maximum absolute atomic E-state index is 13.8. The first-order valence-corrected chi connectivity index (χ1v) is 6.74. The molecule has 0 radical (unpaired) electrons. The molecule has 4 heteroatoms. The van der Waals surface area contributed by atoms with Gasteiger partial charge in [-0.15, -0.1) is 0 Å². The SMILES string of the molecule is Cc1ccc(C(CO)(CO)Cc2cccc(F)c2F)cc1. The lowest BCUT2D eigenvalue weighted by Crippen LogP contribution is -2.37. The Labute approximate surface area is 122 Å². The number of halogens is 2. The Kier molecular flexibility index (Phi) is 4.70. The van der Waals surface area contributed by atoms with Gasteiger partial charge in [0.2, 0.25) is 0 Å². The zero-order valence-electron chi connectivity index (χ0n) is 11.8. The summed E-state index contributed by atoms with van der Waals surface area (Å²) in [5, 5.41) is 19.5. The van der Waals surface area contributed by atoms with Gasteiger partial charge in [-0.2, -0.15) is 0 Å². The molecule has 0 aliphatic carbocycles. The van der Waals surface area contributed by atoms with E-state index in [0.29, 0.717) is 5.56 Å². The molecule has 0 bridgehead atoms. The molecular weight excluding hydrogens is 274 g/mol. The average molecular weight is 292 g/mol. The summed E-state index contributed by atoms with van der Waals surface area (Å²) in [4.78, 5) is 0. The van der Waals surface area contributed by atoms with Crippen LogP contribution in [0, 0.1) is 18.6 Å². The second kappa shape index (κ2) is 6.33. The zero-order chi connectivity index (χ0) is 15.5. The zero-order valence-corrected chi connectivity index (χ0v) is 11.8. The first kappa shape index (κ1) is 15.6. The summed E-state index contributed by atoms with van der Waals surface area (Å²) in [5.41, 5.74) is 0.836. The van der Waals surface area contributed by atoms with Crippen LogP contribution < -0.4 is 0 Å². The third-order valence-corrected chi connectivity index (χ3v) is 3.83. The van der Waals surface area contributed by atoms with Gasteiger partial charge in [0.25, 0.3) is 0 Å². The molecular formula is C17H18F2O2. The van der Waals surface area contributed by atoms with Crippen molar-refractivity contribution in [2.24, 2.45) is 0 Å². The molecule has 0 aromatic heterocycles. The van der Waals surface area contributed by atoms with Crippen LogP contribution in [0.3, 0.4) is 0 Å². The first-order chi connectivity index (χ1) is 10.0. The second-order valence-electron chi connectivity index (χ2n) is 5.35. The summed E-state index contributed by atoms with van der Waals surface area (Å²) in [7, 11) is 0. The van der Waals surface area contributed by atoms with E-state index in [1.807, 2.05) is 19.1 Å². The molecule has 0 aliphatic heterocycles. The van der Waals surface area contributed by atoms with Crippen LogP contribution in [0.4, 0.5) is 8.78 Å². The summed E-state index contributed by atoms with van der Waals surface area (Å²) in [6, 6.07) is 11.2. The van der Waals surface area contributed by atoms with Crippen LogP contribution in [0.5, 0.6) is 0 Å². The Hall–Kier alpha value is -1.78. The Balaban J connectivity index is 2.43. The summed E-state index contributed by atoms with van der Waals surface area (Å²) < 4.78 is 27.2. The fourth-order valence-electron chi connectivity index (χ4n) is 2.40. The van der Waals surface area contributed by atoms with Crippen molar-refractivity contribution < 1.29 is 19.0 Å². The standard InChI is InChI=1S/C17H18F2O2/c1-12-5-7-14(8-6-12)17(10-20,11-21)9-13-3-2-4-15(18)16(13)19/h2-8,20-21H,9-11H2,1H3. The number of aryl methyl sites for hydroxylation is 1. The Morgan fingerprint density at radius 1 is 0.952 bits per heavy atom. The quantitative estimate of drug-likeness (QED) is 0.889. The van der Waals surface area contributed by atoms with Crippen LogP contribution in [-0.4, -0.2) is 23.4 Å². The highest BCUT2D eigenvalue weighted by Gasteiger charge is 2.32. The van der Waals surface area contributed by atoms with Crippen LogP contribution in [0.25, 0.3) is 0 Å². The van der Waals surface area contributed by atoms with Gasteiger partial charge in [0, 0.05) is 5.41 Å². The highest BCUT2D eigenvalue weighted by atomic mass is 19.2. The van der Waals surface area contributed by atoms with Crippen LogP contribution in [0.1, 0.15) is 16.7 Å². The van der Waals surface area contributed by atoms with Gasteiger partial charge >= 0.3 is 0 Å². The first-order valence-electron chi connectivity index (χ1n) is 6.74. The number of aliphatic hydroxyl groups excluding tert-OH is 2. The van der Waals surface area contributed by atoms with Crippen LogP contribution in [-0.2, 0) is 11.8 Å². The van der Waals surface area contributed by atoms with Gasteiger partial charge in [0.15, 0.2) is 11.6 Å². The minimum Gasteiger partial charge on any atom is -0.395 e. The minimum atomic E-state index is -1.04. The lowest BCUT2D eigenvalue weighted by atomic mass is 9.76. The molecule has 112 valence electrons. The maximum atomic E-state index is 13.8. The molecule has 0 atom stereocenters. The largest absolute Gasteiger partial charge is 0.395 e. The van der Waals surface area contributed by atoms with E-state index < -0.39 is 17.0 Å². The predicted molar refractivity (Wildman–Crippen MR) is 77.1 cm³/mol. The van der Waals surface area contributed by atoms with Crippen molar-refractivity contribution >= 4 is 0 Å². The van der Waals surface area contributed by atoms with Gasteiger partial charge in [-0.3, -0.25) is 0 Å². The highest BCUT2D eigenvalue weighted by molar-refractivity contribution is 5.33. The van der Waals surface area contributed by atoms with Gasteiger partial charge in [-0.05, 0) is 30.5 Å². The predicted octanol–water partition coefficient (Wildman–Crippen LogP) is 2.74. The van der Waals surface area contributed by atoms with Gasteiger partial charge in [0.1, 0.15) is 0 Å². The van der Waals surface area contributed by atoms with E-state index in [1.54, 1.807) is 12.1 Å². The normalized spacial score (nSPS) is 11.7. The Morgan fingerprint density at radius 3 is 2.14 bits per heavy atom. The molecule has 0 saturated carbocycles. The van der Waals surface area contributed by atoms with Crippen molar-refractivity contribution in [3.8, 4) is 0 Å². The van der Waals surface area contributed by atoms with Crippen molar-refractivity contribution in [1.82, 2.24) is 0 Å². The van der Waals surface area contributed by atoms with Crippen LogP contribution in [0.2, 0.25) is 0 Å². The van der Waals surface area contributed by atoms with Crippen molar-refractivity contribution in [2.45, 2.75) is 18.8 Å². The topological polar surface area (TPSA) is 40.5 Å². The van der Waals surface area contributed by atoms with Crippen molar-refractivity contribution in [3.05, 3.63) is 70.8 Å². The van der Waals surface area contributed by atoms with Gasteiger partial charge < -0.3 is 10.2 Å². The summed E-state index contributed by atoms with van der Waals surface area (Å²) in [5.74, 6) is -1.86. The number of rotatable bonds is 5. The summed E-state index contributed by atoms with van der Waals surface area (Å²) >= 11 is 0. The number of benzene rings is 2. The van der Waals surface area contributed by atoms with Gasteiger partial charge in [0.05, 0.1) is 13.2 Å². The molecule has 0 aliphatic rings. The fraction of sp³-hybridized carbons (Fsp3) is 0.294. The third-order valence-electron chi connectivity index (χ3n) is 3.83. The van der Waals surface area contributed by atoms with Crippen LogP contribution >= 0.6 is 0 Å². The van der Waals surface area contributed by atoms with Gasteiger partial charge in [-0.25, -0.2) is 8.78 Å². The number of hydrogen-bond acceptors (Lipinski definition) is 2. The molecule has 0 unspecified atom stereocenters. The second-order valence-corrected chi connectivity index (χ2v) is 5.35. The average Bonchev–Trinajstić information content (AvgIpc) is 2.50. The minimum absolute atomic E-state index is 0.0205. The smallest absolute Gasteiger partial charge is 0.162 e. The van der Waals surface area contributed by atoms with E-state index in [1.165, 1.54) is 12.1 Å². The molecule has 2 aromatic carbocycles. The van der Waals surface area contributed by atoms with Crippen molar-refractivity contribution in [1.29, 1.82) is 0 Å². The lowest BCUT2D eigenvalue weighted by molar-refractivity contribution is 0.115. The van der Waals surface area contributed by atoms with E-state index in [9.17, 15) is 19.0 Å². The molecule has 0 saturated heterocycles. The molecule has 2 rings (SSSR count). The molecule has 2 aromatic rings. The van der Waals surface area contributed by atoms with E-state index >= 15 is 0 Å². The number of aliphatic hydroxyl groups is 2. The molecule has 2 nitrogen and oxygen atoms in total. The molecule has 21 heavy (non-hydrogen) atoms. The fourth-order valence-corrected chi connectivity index (χ4v) is 2.40. The monoisotopic (exact) mass is 292 g/mol. The summed E-state index contributed by atoms with van der Waals surface area (Å²) in [6.07, 6.45) is 0.0205. The van der Waals surface area contributed by atoms with Crippen molar-refractivity contribution in [3.63, 3.8) is 0 Å². The van der Waals surface area contributed by atoms with E-state index in [-0.39, 0.29) is 25.2 Å². The van der Waals surface area contributed by atoms with E-state index in [4.69, 9.17) is 0 Å². The number of hydrogen-bond donors (Lipinski definition) is 2. The third kappa shape index (κ3) is 3.12. The molecule has 0 fully saturated rings. The highest BCUT2D eigenvalue weighted by Crippen LogP contribution is 2.29. The molecule has 0 amide bonds. The van der Waals surface area contributed by atoms with E-state index in [2.05, 4.69) is 0 Å². The van der Waals surface area contributed by atoms with Crippen molar-refractivity contribution in [2.75, 3.05) is 13.2 Å². The Morgan fingerprint density at radius 2 is 1.57 bits per heavy atom. The molecule has 2 N–H and O–H groups in total. The molecule has 0 heterocycles. The summed E-state index contributed by atoms with van der Waals surface area (Å²) in [6.45, 7) is 1.21. The lowest BCUT2D eigenvalue weighted by Gasteiger charge is -2.31. The van der Waals surface area contributed by atoms with Gasteiger partial charge in [-0.1, -0.05) is 42.0 Å². The maximum Gasteiger partial charge on any atom is 0.162 e. The van der Waals surface area contributed by atoms with E-state index in [0.717, 1.165) is 11.6 Å². The van der Waals surface area contributed by atoms with Crippen LogP contribution in [0.15, 0.2) is 42.5 Å². The molecule has 0 spiro atoms.